The van der Waals surface area contributed by atoms with Crippen molar-refractivity contribution < 1.29 is 61.1 Å². The molecule has 16 nitrogen and oxygen atoms in total. The van der Waals surface area contributed by atoms with Crippen LogP contribution in [0.25, 0.3) is 0 Å². The summed E-state index contributed by atoms with van der Waals surface area (Å²) in [5, 5.41) is 19.2. The summed E-state index contributed by atoms with van der Waals surface area (Å²) in [5.41, 5.74) is 6.10. The molecule has 0 saturated carbocycles. The van der Waals surface area contributed by atoms with Gasteiger partial charge >= 0.3 is 34.8 Å². The molecule has 0 aromatic carbocycles. The van der Waals surface area contributed by atoms with Crippen molar-refractivity contribution in [3.63, 3.8) is 0 Å². The summed E-state index contributed by atoms with van der Waals surface area (Å²) in [6, 6.07) is -0.834. The molecule has 21 heteroatoms. The monoisotopic (exact) mass is 557 g/mol. The molecular formula is C13H12N9NaO7S4. The second-order valence-electron chi connectivity index (χ2n) is 6.39. The number of aromatic nitrogens is 6. The Hall–Kier alpha value is -1.81. The van der Waals surface area contributed by atoms with Gasteiger partial charge in [0.2, 0.25) is 5.91 Å². The maximum atomic E-state index is 12.7. The predicted octanol–water partition coefficient (Wildman–Crippen LogP) is -5.70. The zero-order valence-corrected chi connectivity index (χ0v) is 22.3. The molecule has 34 heavy (non-hydrogen) atoms. The fraction of sp³-hybridized carbons (Fsp3) is 0.385. The van der Waals surface area contributed by atoms with Crippen LogP contribution in [0.3, 0.4) is 0 Å². The van der Waals surface area contributed by atoms with Crippen LogP contribution >= 0.6 is 34.9 Å². The molecule has 1 saturated heterocycles. The summed E-state index contributed by atoms with van der Waals surface area (Å²) in [7, 11) is -4.97. The Labute approximate surface area is 225 Å². The molecule has 0 radical (unpaired) electrons. The molecule has 0 bridgehead atoms. The van der Waals surface area contributed by atoms with Crippen LogP contribution in [0.4, 0.5) is 0 Å². The molecule has 176 valence electrons. The number of thioether (sulfide) groups is 2. The van der Waals surface area contributed by atoms with Crippen LogP contribution in [-0.4, -0.2) is 88.9 Å². The summed E-state index contributed by atoms with van der Waals surface area (Å²) in [6.07, 6.45) is 1.26. The Bertz CT molecular complexity index is 1240. The molecular weight excluding hydrogens is 545 g/mol. The number of nitrogens with one attached hydrogen (secondary N) is 1. The molecule has 3 N–H and O–H groups in total. The van der Waals surface area contributed by atoms with Gasteiger partial charge in [-0.2, -0.15) is 0 Å². The Balaban J connectivity index is 0.00000324. The number of carbonyl (C=O) groups excluding carboxylic acids is 3. The first kappa shape index (κ1) is 26.8. The summed E-state index contributed by atoms with van der Waals surface area (Å²) in [6.45, 7) is -0.171. The van der Waals surface area contributed by atoms with Crippen LogP contribution in [0.5, 0.6) is 5.19 Å². The number of nitrogens with two attached hydrogens (primary N) is 1. The molecule has 2 atom stereocenters. The number of rotatable bonds is 9. The molecule has 2 aliphatic rings. The molecule has 4 heterocycles. The number of β-lactam (4-membered cyclic amide) rings is 1. The third-order valence-electron chi connectivity index (χ3n) is 4.23. The van der Waals surface area contributed by atoms with Gasteiger partial charge in [0, 0.05) is 11.5 Å². The van der Waals surface area contributed by atoms with Gasteiger partial charge in [-0.3, -0.25) is 19.3 Å². The van der Waals surface area contributed by atoms with Gasteiger partial charge in [0.05, 0.1) is 0 Å². The first-order valence-electron chi connectivity index (χ1n) is 8.70. The Morgan fingerprint density at radius 3 is 2.79 bits per heavy atom. The van der Waals surface area contributed by atoms with Gasteiger partial charge in [0.25, 0.3) is 22.2 Å². The molecule has 4 rings (SSSR count). The van der Waals surface area contributed by atoms with Gasteiger partial charge in [-0.25, -0.2) is 13.1 Å². The van der Waals surface area contributed by atoms with Gasteiger partial charge in [0.1, 0.15) is 30.0 Å². The van der Waals surface area contributed by atoms with Crippen molar-refractivity contribution in [2.24, 2.45) is 5.73 Å². The van der Waals surface area contributed by atoms with Crippen molar-refractivity contribution in [3.05, 3.63) is 17.6 Å². The van der Waals surface area contributed by atoms with E-state index in [2.05, 4.69) is 35.2 Å². The average Bonchev–Trinajstić information content (AvgIpc) is 3.40. The van der Waals surface area contributed by atoms with Crippen molar-refractivity contribution >= 4 is 63.0 Å². The van der Waals surface area contributed by atoms with E-state index >= 15 is 0 Å². The van der Waals surface area contributed by atoms with E-state index in [4.69, 9.17) is 5.73 Å². The smallest absolute Gasteiger partial charge is 0.716 e. The summed E-state index contributed by atoms with van der Waals surface area (Å²) >= 11 is 3.17. The topological polar surface area (TPSA) is 228 Å². The van der Waals surface area contributed by atoms with E-state index in [1.54, 1.807) is 0 Å². The third-order valence-corrected chi connectivity index (χ3v) is 8.05. The van der Waals surface area contributed by atoms with Crippen molar-refractivity contribution in [2.45, 2.75) is 22.3 Å². The number of hydrogen-bond acceptors (Lipinski definition) is 15. The minimum Gasteiger partial charge on any atom is -0.716 e. The van der Waals surface area contributed by atoms with Crippen molar-refractivity contribution in [1.29, 1.82) is 0 Å². The van der Waals surface area contributed by atoms with E-state index in [1.807, 2.05) is 0 Å². The van der Waals surface area contributed by atoms with E-state index in [-0.39, 0.29) is 51.9 Å². The second-order valence-corrected chi connectivity index (χ2v) is 10.6. The maximum Gasteiger partial charge on any atom is 1.00 e. The molecule has 0 unspecified atom stereocenters. The molecule has 2 aromatic rings. The summed E-state index contributed by atoms with van der Waals surface area (Å²) in [5.74, 6) is -1.23. The molecule has 2 aromatic heterocycles. The quantitative estimate of drug-likeness (QED) is 0.0963. The van der Waals surface area contributed by atoms with Crippen molar-refractivity contribution in [2.75, 3.05) is 11.5 Å². The summed E-state index contributed by atoms with van der Waals surface area (Å²) < 4.78 is 37.5. The van der Waals surface area contributed by atoms with Crippen molar-refractivity contribution in [3.8, 4) is 5.19 Å². The van der Waals surface area contributed by atoms with Crippen molar-refractivity contribution in [1.82, 2.24) is 40.6 Å². The van der Waals surface area contributed by atoms with Gasteiger partial charge in [-0.1, -0.05) is 16.9 Å². The maximum absolute atomic E-state index is 12.7. The predicted molar refractivity (Wildman–Crippen MR) is 110 cm³/mol. The summed E-state index contributed by atoms with van der Waals surface area (Å²) in [4.78, 5) is 38.2. The van der Waals surface area contributed by atoms with Gasteiger partial charge < -0.3 is 19.8 Å². The van der Waals surface area contributed by atoms with E-state index < -0.39 is 44.7 Å². The number of hydrogen-bond donors (Lipinski definition) is 2. The largest absolute Gasteiger partial charge is 1.00 e. The SMILES string of the molecule is NC(=O)C1=C(CSc2nnc(OS(=O)(=O)[O-])s2)CS[C@@H]2[C@H](NC(=O)Cn3cnnn3)C(=O)N12.[Na+]. The molecule has 2 aliphatic heterocycles. The fourth-order valence-corrected chi connectivity index (χ4v) is 6.62. The van der Waals surface area contributed by atoms with E-state index in [1.165, 1.54) is 27.7 Å². The Morgan fingerprint density at radius 1 is 1.38 bits per heavy atom. The number of amides is 3. The van der Waals surface area contributed by atoms with Crippen LogP contribution < -0.4 is 44.8 Å². The Morgan fingerprint density at radius 2 is 2.15 bits per heavy atom. The third kappa shape index (κ3) is 6.05. The number of tetrazole rings is 1. The average molecular weight is 558 g/mol. The molecule has 1 fully saturated rings. The minimum absolute atomic E-state index is 0. The number of fused-ring (bicyclic) bond motifs is 1. The Kier molecular flexibility index (Phi) is 8.55. The number of primary amides is 1. The van der Waals surface area contributed by atoms with Crippen LogP contribution in [0.2, 0.25) is 0 Å². The standard InChI is InChI=1S/C13H13N9O7S4.Na/c14-9(24)8-5(3-31-13-18-17-12(32-13)29-33(26,27)28)2-30-11-7(10(25)22(8)11)16-6(23)1-21-4-15-19-20-21;/h4,7,11H,1-3H2,(H2,14,24)(H,16,23)(H,26,27,28);/q;+1/p-1/t7-,11-;/m1./s1. The first-order chi connectivity index (χ1) is 15.6. The van der Waals surface area contributed by atoms with E-state index in [0.29, 0.717) is 11.3 Å². The number of nitrogens with zero attached hydrogens (tertiary/aromatic N) is 7. The van der Waals surface area contributed by atoms with Crippen LogP contribution in [0.1, 0.15) is 0 Å². The van der Waals surface area contributed by atoms with Gasteiger partial charge in [-0.05, 0) is 27.3 Å². The van der Waals surface area contributed by atoms with Crippen LogP contribution in [-0.2, 0) is 31.3 Å². The zero-order chi connectivity index (χ0) is 23.8. The first-order valence-corrected chi connectivity index (χ1v) is 12.9. The molecule has 3 amide bonds. The number of carbonyl (C=O) groups is 3. The van der Waals surface area contributed by atoms with Gasteiger partial charge in [0.15, 0.2) is 4.34 Å². The molecule has 0 spiro atoms. The van der Waals surface area contributed by atoms with Crippen LogP contribution in [0.15, 0.2) is 21.9 Å². The minimum atomic E-state index is -4.97. The molecule has 0 aliphatic carbocycles. The van der Waals surface area contributed by atoms with Gasteiger partial charge in [-0.15, -0.1) is 22.0 Å². The normalized spacial score (nSPS) is 19.7. The van der Waals surface area contributed by atoms with E-state index in [0.717, 1.165) is 23.1 Å². The van der Waals surface area contributed by atoms with E-state index in [9.17, 15) is 27.4 Å². The second kappa shape index (κ2) is 10.8. The zero-order valence-electron chi connectivity index (χ0n) is 17.1. The fourth-order valence-electron chi connectivity index (χ4n) is 2.98. The van der Waals surface area contributed by atoms with Crippen LogP contribution in [0, 0.1) is 0 Å².